The minimum atomic E-state index is -4.38. The number of nitrogens with zero attached hydrogens (tertiary/aromatic N) is 1. The summed E-state index contributed by atoms with van der Waals surface area (Å²) in [6.45, 7) is 7.63. The van der Waals surface area contributed by atoms with Crippen molar-refractivity contribution in [3.8, 4) is 0 Å². The monoisotopic (exact) mass is 337 g/mol. The van der Waals surface area contributed by atoms with Crippen molar-refractivity contribution in [3.05, 3.63) is 0 Å². The van der Waals surface area contributed by atoms with Gasteiger partial charge in [0.1, 0.15) is 13.2 Å². The normalized spacial score (nSPS) is 19.6. The minimum absolute atomic E-state index is 0.0117. The third-order valence-corrected chi connectivity index (χ3v) is 4.97. The fourth-order valence-electron chi connectivity index (χ4n) is 2.85. The molecule has 7 nitrogen and oxygen atoms in total. The van der Waals surface area contributed by atoms with Crippen LogP contribution < -0.4 is 5.32 Å². The molecule has 1 aliphatic rings. The lowest BCUT2D eigenvalue weighted by Crippen LogP contribution is -2.56. The van der Waals surface area contributed by atoms with Gasteiger partial charge in [-0.3, -0.25) is 9.35 Å². The summed E-state index contributed by atoms with van der Waals surface area (Å²) >= 11 is 0. The predicted molar refractivity (Wildman–Crippen MR) is 83.5 cm³/mol. The first-order valence-electron chi connectivity index (χ1n) is 8.03. The Morgan fingerprint density at radius 3 is 2.45 bits per heavy atom. The maximum absolute atomic E-state index is 11.8. The summed E-state index contributed by atoms with van der Waals surface area (Å²) in [6, 6.07) is 0. The molecule has 1 aliphatic heterocycles. The van der Waals surface area contributed by atoms with Crippen molar-refractivity contribution in [3.63, 3.8) is 0 Å². The van der Waals surface area contributed by atoms with Gasteiger partial charge in [0.15, 0.2) is 0 Å². The average Bonchev–Trinajstić information content (AvgIpc) is 2.46. The highest BCUT2D eigenvalue weighted by Gasteiger charge is 2.30. The molecular formula is C14H29N2O5S+. The topological polar surface area (TPSA) is 92.7 Å². The molecule has 0 saturated carbocycles. The van der Waals surface area contributed by atoms with Crippen molar-refractivity contribution in [2.75, 3.05) is 39.3 Å². The fraction of sp³-hybridized carbons (Fsp3) is 0.929. The Balaban J connectivity index is 2.47. The van der Waals surface area contributed by atoms with E-state index >= 15 is 0 Å². The van der Waals surface area contributed by atoms with Crippen LogP contribution in [0.4, 0.5) is 0 Å². The second-order valence-corrected chi connectivity index (χ2v) is 7.24. The molecule has 1 atom stereocenters. The zero-order valence-corrected chi connectivity index (χ0v) is 14.4. The van der Waals surface area contributed by atoms with Gasteiger partial charge in [0, 0.05) is 5.92 Å². The number of rotatable bonds is 9. The number of carbonyl (C=O) groups is 1. The number of nitrogens with one attached hydrogen (secondary N) is 1. The molecule has 130 valence electrons. The number of hydrogen-bond acceptors (Lipinski definition) is 4. The van der Waals surface area contributed by atoms with E-state index in [0.717, 1.165) is 43.4 Å². The Hall–Kier alpha value is -0.700. The van der Waals surface area contributed by atoms with Crippen LogP contribution in [0, 0.1) is 5.92 Å². The van der Waals surface area contributed by atoms with Crippen LogP contribution in [-0.4, -0.2) is 62.7 Å². The molecule has 1 heterocycles. The van der Waals surface area contributed by atoms with E-state index in [0.29, 0.717) is 13.1 Å². The van der Waals surface area contributed by atoms with Gasteiger partial charge in [0.2, 0.25) is 5.91 Å². The van der Waals surface area contributed by atoms with Crippen molar-refractivity contribution in [2.24, 2.45) is 5.92 Å². The standard InChI is InChI=1S/C14H28N2O5S/c1-3-13(2)14(17)15-7-10-16(8-5-4-6-9-16)11-12-21-22(18,19)20/h13H,3-12H2,1-2H3,(H-,15,17,18,19,20)/p+1. The molecule has 1 amide bonds. The largest absolute Gasteiger partial charge is 0.397 e. The van der Waals surface area contributed by atoms with E-state index in [-0.39, 0.29) is 18.4 Å². The van der Waals surface area contributed by atoms with Crippen LogP contribution in [0.25, 0.3) is 0 Å². The quantitative estimate of drug-likeness (QED) is 0.483. The Bertz CT molecular complexity index is 446. The highest BCUT2D eigenvalue weighted by atomic mass is 32.3. The van der Waals surface area contributed by atoms with E-state index in [4.69, 9.17) is 4.55 Å². The van der Waals surface area contributed by atoms with Crippen LogP contribution in [0.1, 0.15) is 39.5 Å². The molecule has 0 aromatic rings. The molecule has 0 radical (unpaired) electrons. The van der Waals surface area contributed by atoms with E-state index < -0.39 is 10.4 Å². The molecule has 0 spiro atoms. The van der Waals surface area contributed by atoms with Crippen LogP contribution in [0.15, 0.2) is 0 Å². The maximum Gasteiger partial charge on any atom is 0.397 e. The van der Waals surface area contributed by atoms with Gasteiger partial charge in [-0.15, -0.1) is 0 Å². The zero-order chi connectivity index (χ0) is 16.6. The molecular weight excluding hydrogens is 308 g/mol. The smallest absolute Gasteiger partial charge is 0.350 e. The number of quaternary nitrogens is 1. The number of hydrogen-bond donors (Lipinski definition) is 2. The van der Waals surface area contributed by atoms with Gasteiger partial charge < -0.3 is 9.80 Å². The number of likely N-dealkylation sites (tertiary alicyclic amines) is 1. The molecule has 1 saturated heterocycles. The Morgan fingerprint density at radius 2 is 1.91 bits per heavy atom. The van der Waals surface area contributed by atoms with Crippen molar-refractivity contribution in [1.29, 1.82) is 0 Å². The van der Waals surface area contributed by atoms with E-state index in [9.17, 15) is 13.2 Å². The summed E-state index contributed by atoms with van der Waals surface area (Å²) in [7, 11) is -4.38. The first-order valence-corrected chi connectivity index (χ1v) is 9.39. The van der Waals surface area contributed by atoms with Crippen LogP contribution in [0.2, 0.25) is 0 Å². The molecule has 1 fully saturated rings. The van der Waals surface area contributed by atoms with Gasteiger partial charge >= 0.3 is 10.4 Å². The van der Waals surface area contributed by atoms with Gasteiger partial charge in [-0.25, -0.2) is 4.18 Å². The van der Waals surface area contributed by atoms with Crippen molar-refractivity contribution >= 4 is 16.3 Å². The maximum atomic E-state index is 11.8. The molecule has 22 heavy (non-hydrogen) atoms. The predicted octanol–water partition coefficient (Wildman–Crippen LogP) is 0.969. The summed E-state index contributed by atoms with van der Waals surface area (Å²) in [5.74, 6) is 0.0736. The SMILES string of the molecule is CCC(C)C(=O)NCC[N+]1(CCOS(=O)(=O)O)CCCCC1. The Kier molecular flexibility index (Phi) is 7.75. The highest BCUT2D eigenvalue weighted by Crippen LogP contribution is 2.18. The summed E-state index contributed by atoms with van der Waals surface area (Å²) < 4.78 is 35.2. The Labute approximate surface area is 133 Å². The zero-order valence-electron chi connectivity index (χ0n) is 13.6. The molecule has 1 rings (SSSR count). The number of amides is 1. The third-order valence-electron chi connectivity index (χ3n) is 4.51. The van der Waals surface area contributed by atoms with Crippen molar-refractivity contribution in [2.45, 2.75) is 39.5 Å². The number of piperidine rings is 1. The van der Waals surface area contributed by atoms with Crippen LogP contribution in [0.3, 0.4) is 0 Å². The number of carbonyl (C=O) groups excluding carboxylic acids is 1. The van der Waals surface area contributed by atoms with Crippen LogP contribution in [-0.2, 0) is 19.4 Å². The van der Waals surface area contributed by atoms with Gasteiger partial charge in [0.05, 0.1) is 26.2 Å². The van der Waals surface area contributed by atoms with Crippen molar-refractivity contribution < 1.29 is 26.4 Å². The second-order valence-electron chi connectivity index (χ2n) is 6.15. The van der Waals surface area contributed by atoms with E-state index in [1.807, 2.05) is 13.8 Å². The summed E-state index contributed by atoms with van der Waals surface area (Å²) in [6.07, 6.45) is 4.17. The summed E-state index contributed by atoms with van der Waals surface area (Å²) in [5, 5.41) is 2.95. The van der Waals surface area contributed by atoms with E-state index in [1.165, 1.54) is 6.42 Å². The summed E-state index contributed by atoms with van der Waals surface area (Å²) in [5.41, 5.74) is 0. The molecule has 0 bridgehead atoms. The second kappa shape index (κ2) is 8.81. The van der Waals surface area contributed by atoms with Crippen molar-refractivity contribution in [1.82, 2.24) is 5.32 Å². The first kappa shape index (κ1) is 19.3. The van der Waals surface area contributed by atoms with Gasteiger partial charge in [-0.05, 0) is 25.7 Å². The lowest BCUT2D eigenvalue weighted by Gasteiger charge is -2.41. The first-order chi connectivity index (χ1) is 10.3. The van der Waals surface area contributed by atoms with Crippen LogP contribution >= 0.6 is 0 Å². The average molecular weight is 337 g/mol. The fourth-order valence-corrected chi connectivity index (χ4v) is 3.14. The minimum Gasteiger partial charge on any atom is -0.350 e. The molecule has 2 N–H and O–H groups in total. The van der Waals surface area contributed by atoms with E-state index in [1.54, 1.807) is 0 Å². The molecule has 8 heteroatoms. The van der Waals surface area contributed by atoms with Crippen LogP contribution in [0.5, 0.6) is 0 Å². The van der Waals surface area contributed by atoms with Gasteiger partial charge in [0.25, 0.3) is 0 Å². The third kappa shape index (κ3) is 7.04. The van der Waals surface area contributed by atoms with Gasteiger partial charge in [-0.2, -0.15) is 8.42 Å². The molecule has 0 aliphatic carbocycles. The summed E-state index contributed by atoms with van der Waals surface area (Å²) in [4.78, 5) is 11.8. The van der Waals surface area contributed by atoms with E-state index in [2.05, 4.69) is 9.50 Å². The lowest BCUT2D eigenvalue weighted by atomic mass is 10.1. The lowest BCUT2D eigenvalue weighted by molar-refractivity contribution is -0.931. The Morgan fingerprint density at radius 1 is 1.27 bits per heavy atom. The highest BCUT2D eigenvalue weighted by molar-refractivity contribution is 7.80. The van der Waals surface area contributed by atoms with Gasteiger partial charge in [-0.1, -0.05) is 13.8 Å². The molecule has 0 aromatic heterocycles. The molecule has 0 aromatic carbocycles. The molecule has 1 unspecified atom stereocenters.